The maximum atomic E-state index is 14.0. The molecule has 1 fully saturated rings. The van der Waals surface area contributed by atoms with E-state index in [0.29, 0.717) is 5.56 Å². The van der Waals surface area contributed by atoms with Gasteiger partial charge in [-0.2, -0.15) is 0 Å². The van der Waals surface area contributed by atoms with Gasteiger partial charge in [0.2, 0.25) is 0 Å². The molecule has 4 aromatic rings. The Balaban J connectivity index is 1.46. The highest BCUT2D eigenvalue weighted by molar-refractivity contribution is 6.33. The van der Waals surface area contributed by atoms with E-state index in [1.807, 2.05) is 17.0 Å². The van der Waals surface area contributed by atoms with Gasteiger partial charge in [-0.05, 0) is 61.2 Å². The number of nitrogens with one attached hydrogen (secondary N) is 1. The summed E-state index contributed by atoms with van der Waals surface area (Å²) in [7, 11) is 0. The topological polar surface area (TPSA) is 52.2 Å². The van der Waals surface area contributed by atoms with Crippen LogP contribution < -0.4 is 4.90 Å². The Labute approximate surface area is 234 Å². The fourth-order valence-electron chi connectivity index (χ4n) is 5.22. The van der Waals surface area contributed by atoms with Crippen LogP contribution in [0.25, 0.3) is 10.9 Å². The molecule has 0 bridgehead atoms. The average Bonchev–Trinajstić information content (AvgIpc) is 3.34. The second-order valence-corrected chi connectivity index (χ2v) is 11.6. The summed E-state index contributed by atoms with van der Waals surface area (Å²) in [6.45, 7) is 9.45. The standard InChI is InChI=1S/C31H34Cl2N4O/c1-4-31(2,3)27-17-22-16-25(10-11-26(22)34-27)37(30(38)23-18-28(32)35-29(33)19-23)24-12-14-36(15-13-24)20-21-8-6-5-7-9-21/h5-11,16-19,24,34H,4,12-15,20H2,1-3H3. The summed E-state index contributed by atoms with van der Waals surface area (Å²) in [5.41, 5.74) is 4.96. The van der Waals surface area contributed by atoms with E-state index in [9.17, 15) is 4.79 Å². The van der Waals surface area contributed by atoms with Crippen molar-refractivity contribution in [2.24, 2.45) is 0 Å². The zero-order valence-electron chi connectivity index (χ0n) is 22.2. The molecule has 0 spiro atoms. The summed E-state index contributed by atoms with van der Waals surface area (Å²) in [5, 5.41) is 1.53. The monoisotopic (exact) mass is 548 g/mol. The number of amides is 1. The van der Waals surface area contributed by atoms with Gasteiger partial charge < -0.3 is 9.88 Å². The molecule has 1 N–H and O–H groups in total. The van der Waals surface area contributed by atoms with Crippen molar-refractivity contribution >= 4 is 45.7 Å². The Hall–Kier alpha value is -2.86. The number of likely N-dealkylation sites (tertiary alicyclic amines) is 1. The molecule has 0 saturated carbocycles. The summed E-state index contributed by atoms with van der Waals surface area (Å²) in [6.07, 6.45) is 2.79. The van der Waals surface area contributed by atoms with Crippen LogP contribution in [-0.4, -0.2) is 39.9 Å². The fourth-order valence-corrected chi connectivity index (χ4v) is 5.68. The number of anilines is 1. The van der Waals surface area contributed by atoms with Crippen molar-refractivity contribution in [2.45, 2.75) is 58.0 Å². The van der Waals surface area contributed by atoms with Crippen molar-refractivity contribution in [3.8, 4) is 0 Å². The van der Waals surface area contributed by atoms with Crippen LogP contribution in [0.2, 0.25) is 10.3 Å². The van der Waals surface area contributed by atoms with E-state index in [-0.39, 0.29) is 27.7 Å². The predicted octanol–water partition coefficient (Wildman–Crippen LogP) is 7.87. The molecule has 0 unspecified atom stereocenters. The number of benzene rings is 2. The lowest BCUT2D eigenvalue weighted by Gasteiger charge is -2.38. The summed E-state index contributed by atoms with van der Waals surface area (Å²) in [6, 6.07) is 22.3. The van der Waals surface area contributed by atoms with Gasteiger partial charge in [0, 0.05) is 58.9 Å². The molecule has 1 aliphatic heterocycles. The van der Waals surface area contributed by atoms with Gasteiger partial charge in [-0.3, -0.25) is 9.69 Å². The number of nitrogens with zero attached hydrogens (tertiary/aromatic N) is 3. The third-order valence-electron chi connectivity index (χ3n) is 7.90. The molecule has 5 rings (SSSR count). The van der Waals surface area contributed by atoms with Crippen LogP contribution in [0.3, 0.4) is 0 Å². The van der Waals surface area contributed by atoms with Gasteiger partial charge in [0.15, 0.2) is 0 Å². The second-order valence-electron chi connectivity index (χ2n) is 10.9. The minimum absolute atomic E-state index is 0.0464. The molecule has 0 radical (unpaired) electrons. The van der Waals surface area contributed by atoms with Crippen LogP contribution in [0.5, 0.6) is 0 Å². The normalized spacial score (nSPS) is 15.2. The lowest BCUT2D eigenvalue weighted by Crippen LogP contribution is -2.47. The van der Waals surface area contributed by atoms with Crippen molar-refractivity contribution in [2.75, 3.05) is 18.0 Å². The van der Waals surface area contributed by atoms with Crippen molar-refractivity contribution in [3.63, 3.8) is 0 Å². The highest BCUT2D eigenvalue weighted by Crippen LogP contribution is 2.33. The number of aromatic nitrogens is 2. The first-order valence-corrected chi connectivity index (χ1v) is 14.1. The molecule has 1 amide bonds. The van der Waals surface area contributed by atoms with Gasteiger partial charge in [0.25, 0.3) is 5.91 Å². The van der Waals surface area contributed by atoms with Crippen LogP contribution in [0, 0.1) is 0 Å². The first-order valence-electron chi connectivity index (χ1n) is 13.3. The third kappa shape index (κ3) is 5.75. The largest absolute Gasteiger partial charge is 0.358 e. The van der Waals surface area contributed by atoms with Crippen LogP contribution in [0.4, 0.5) is 5.69 Å². The maximum absolute atomic E-state index is 14.0. The number of pyridine rings is 1. The molecule has 1 saturated heterocycles. The van der Waals surface area contributed by atoms with Crippen molar-refractivity contribution in [3.05, 3.63) is 93.9 Å². The Bertz CT molecular complexity index is 1400. The lowest BCUT2D eigenvalue weighted by atomic mass is 9.86. The fraction of sp³-hybridized carbons (Fsp3) is 0.355. The van der Waals surface area contributed by atoms with Gasteiger partial charge in [0.1, 0.15) is 10.3 Å². The van der Waals surface area contributed by atoms with Gasteiger partial charge in [-0.1, -0.05) is 74.3 Å². The predicted molar refractivity (Wildman–Crippen MR) is 157 cm³/mol. The van der Waals surface area contributed by atoms with Gasteiger partial charge in [-0.25, -0.2) is 4.98 Å². The van der Waals surface area contributed by atoms with Crippen LogP contribution in [0.1, 0.15) is 61.6 Å². The molecule has 0 aliphatic carbocycles. The van der Waals surface area contributed by atoms with E-state index < -0.39 is 0 Å². The SMILES string of the molecule is CCC(C)(C)c1cc2cc(N(C(=O)c3cc(Cl)nc(Cl)c3)C3CCN(Cc4ccccc4)CC3)ccc2[nH]1. The Kier molecular flexibility index (Phi) is 7.80. The smallest absolute Gasteiger partial charge is 0.258 e. The number of hydrogen-bond acceptors (Lipinski definition) is 3. The Morgan fingerprint density at radius 3 is 2.37 bits per heavy atom. The molecule has 2 aromatic carbocycles. The Morgan fingerprint density at radius 2 is 1.71 bits per heavy atom. The third-order valence-corrected chi connectivity index (χ3v) is 8.28. The van der Waals surface area contributed by atoms with Crippen molar-refractivity contribution in [1.29, 1.82) is 0 Å². The molecule has 1 aliphatic rings. The van der Waals surface area contributed by atoms with Crippen LogP contribution in [-0.2, 0) is 12.0 Å². The first kappa shape index (κ1) is 26.7. The number of carbonyl (C=O) groups is 1. The summed E-state index contributed by atoms with van der Waals surface area (Å²) in [4.78, 5) is 26.1. The summed E-state index contributed by atoms with van der Waals surface area (Å²) < 4.78 is 0. The number of carbonyl (C=O) groups excluding carboxylic acids is 1. The van der Waals surface area contributed by atoms with E-state index in [1.165, 1.54) is 11.3 Å². The number of fused-ring (bicyclic) bond motifs is 1. The van der Waals surface area contributed by atoms with Crippen molar-refractivity contribution in [1.82, 2.24) is 14.9 Å². The number of H-pyrrole nitrogens is 1. The second kappa shape index (κ2) is 11.1. The molecule has 38 heavy (non-hydrogen) atoms. The summed E-state index contributed by atoms with van der Waals surface area (Å²) in [5.74, 6) is -0.110. The van der Waals surface area contributed by atoms with E-state index in [2.05, 4.69) is 78.1 Å². The highest BCUT2D eigenvalue weighted by atomic mass is 35.5. The lowest BCUT2D eigenvalue weighted by molar-refractivity contribution is 0.0958. The van der Waals surface area contributed by atoms with E-state index in [4.69, 9.17) is 23.2 Å². The minimum atomic E-state index is -0.110. The molecule has 3 heterocycles. The molecular weight excluding hydrogens is 515 g/mol. The van der Waals surface area contributed by atoms with E-state index >= 15 is 0 Å². The molecule has 198 valence electrons. The molecular formula is C31H34Cl2N4O. The molecule has 2 aromatic heterocycles. The zero-order chi connectivity index (χ0) is 26.9. The Morgan fingerprint density at radius 1 is 1.03 bits per heavy atom. The molecule has 5 nitrogen and oxygen atoms in total. The van der Waals surface area contributed by atoms with E-state index in [0.717, 1.165) is 55.5 Å². The molecule has 7 heteroatoms. The molecule has 0 atom stereocenters. The van der Waals surface area contributed by atoms with Crippen molar-refractivity contribution < 1.29 is 4.79 Å². The van der Waals surface area contributed by atoms with Gasteiger partial charge in [0.05, 0.1) is 0 Å². The number of rotatable bonds is 7. The summed E-state index contributed by atoms with van der Waals surface area (Å²) >= 11 is 12.4. The average molecular weight is 550 g/mol. The number of piperidine rings is 1. The van der Waals surface area contributed by atoms with Crippen LogP contribution in [0.15, 0.2) is 66.7 Å². The zero-order valence-corrected chi connectivity index (χ0v) is 23.7. The maximum Gasteiger partial charge on any atom is 0.258 e. The quantitative estimate of drug-likeness (QED) is 0.239. The first-order chi connectivity index (χ1) is 18.2. The number of hydrogen-bond donors (Lipinski definition) is 1. The van der Waals surface area contributed by atoms with Gasteiger partial charge >= 0.3 is 0 Å². The minimum Gasteiger partial charge on any atom is -0.358 e. The number of aromatic amines is 1. The van der Waals surface area contributed by atoms with Crippen LogP contribution >= 0.6 is 23.2 Å². The number of halogens is 2. The van der Waals surface area contributed by atoms with E-state index in [1.54, 1.807) is 12.1 Å². The van der Waals surface area contributed by atoms with Gasteiger partial charge in [-0.15, -0.1) is 0 Å². The highest BCUT2D eigenvalue weighted by Gasteiger charge is 2.31.